The van der Waals surface area contributed by atoms with Crippen molar-refractivity contribution in [1.29, 1.82) is 0 Å². The lowest BCUT2D eigenvalue weighted by Gasteiger charge is -2.16. The first kappa shape index (κ1) is 23.8. The van der Waals surface area contributed by atoms with Crippen LogP contribution in [0.25, 0.3) is 6.08 Å². The fraction of sp³-hybridized carbons (Fsp3) is 0.316. The van der Waals surface area contributed by atoms with Gasteiger partial charge in [0.15, 0.2) is 0 Å². The second kappa shape index (κ2) is 12.3. The maximum atomic E-state index is 11.0. The first-order valence-corrected chi connectivity index (χ1v) is 8.70. The van der Waals surface area contributed by atoms with Gasteiger partial charge in [0.25, 0.3) is 5.91 Å². The number of rotatable bonds is 7. The molecule has 1 amide bonds. The summed E-state index contributed by atoms with van der Waals surface area (Å²) in [6, 6.07) is 10.9. The van der Waals surface area contributed by atoms with Crippen molar-refractivity contribution in [2.75, 3.05) is 25.0 Å². The van der Waals surface area contributed by atoms with Crippen LogP contribution in [0, 0.1) is 0 Å². The van der Waals surface area contributed by atoms with Crippen LogP contribution >= 0.6 is 24.8 Å². The van der Waals surface area contributed by atoms with Gasteiger partial charge in [-0.1, -0.05) is 30.3 Å². The molecule has 1 atom stereocenters. The Morgan fingerprint density at radius 3 is 2.61 bits per heavy atom. The predicted molar refractivity (Wildman–Crippen MR) is 114 cm³/mol. The predicted octanol–water partition coefficient (Wildman–Crippen LogP) is 2.57. The number of carbonyl (C=O) groups is 1. The highest BCUT2D eigenvalue weighted by molar-refractivity contribution is 5.90. The van der Waals surface area contributed by atoms with E-state index < -0.39 is 5.91 Å². The molecule has 0 unspecified atom stereocenters. The zero-order valence-electron chi connectivity index (χ0n) is 15.3. The lowest BCUT2D eigenvalue weighted by Crippen LogP contribution is -2.28. The average molecular weight is 426 g/mol. The summed E-state index contributed by atoms with van der Waals surface area (Å²) in [5.74, 6) is -0.00239. The zero-order chi connectivity index (χ0) is 18.2. The number of halogens is 2. The van der Waals surface area contributed by atoms with Crippen molar-refractivity contribution in [3.63, 3.8) is 0 Å². The molecule has 2 aromatic rings. The van der Waals surface area contributed by atoms with Crippen LogP contribution < -0.4 is 10.8 Å². The molecule has 1 saturated heterocycles. The Bertz CT molecular complexity index is 744. The van der Waals surface area contributed by atoms with E-state index in [9.17, 15) is 4.79 Å². The van der Waals surface area contributed by atoms with E-state index in [4.69, 9.17) is 5.21 Å². The number of hydrogen-bond acceptors (Lipinski definition) is 6. The molecule has 7 nitrogen and oxygen atoms in total. The van der Waals surface area contributed by atoms with Crippen molar-refractivity contribution in [2.45, 2.75) is 18.9 Å². The Balaban J connectivity index is 0.00000196. The van der Waals surface area contributed by atoms with Gasteiger partial charge in [-0.05, 0) is 24.5 Å². The van der Waals surface area contributed by atoms with Gasteiger partial charge >= 0.3 is 0 Å². The zero-order valence-corrected chi connectivity index (χ0v) is 17.0. The van der Waals surface area contributed by atoms with E-state index in [1.165, 1.54) is 23.2 Å². The molecule has 2 heterocycles. The van der Waals surface area contributed by atoms with E-state index in [0.717, 1.165) is 32.5 Å². The van der Waals surface area contributed by atoms with Crippen LogP contribution in [0.2, 0.25) is 0 Å². The van der Waals surface area contributed by atoms with Gasteiger partial charge in [-0.2, -0.15) is 0 Å². The van der Waals surface area contributed by atoms with Crippen molar-refractivity contribution in [3.8, 4) is 0 Å². The van der Waals surface area contributed by atoms with E-state index in [2.05, 4.69) is 44.5 Å². The molecule has 0 aliphatic carbocycles. The standard InChI is InChI=1S/C19H23N5O2.2ClH/c25-18(23-26)7-6-16-12-20-19(21-13-16)22-17-9-11-24(14-17)10-8-15-4-2-1-3-5-15;;/h1-7,12-13,17,26H,8-11,14H2,(H,23,25)(H,20,21,22);2*1H/t17-;;/m1../s1. The van der Waals surface area contributed by atoms with Crippen molar-refractivity contribution >= 4 is 42.7 Å². The van der Waals surface area contributed by atoms with E-state index in [1.807, 2.05) is 6.07 Å². The van der Waals surface area contributed by atoms with Gasteiger partial charge in [-0.15, -0.1) is 24.8 Å². The maximum Gasteiger partial charge on any atom is 0.267 e. The fourth-order valence-electron chi connectivity index (χ4n) is 2.98. The van der Waals surface area contributed by atoms with Crippen LogP contribution in [0.3, 0.4) is 0 Å². The van der Waals surface area contributed by atoms with Gasteiger partial charge in [-0.3, -0.25) is 10.0 Å². The summed E-state index contributed by atoms with van der Waals surface area (Å²) in [6.45, 7) is 3.11. The largest absolute Gasteiger partial charge is 0.350 e. The van der Waals surface area contributed by atoms with E-state index in [-0.39, 0.29) is 24.8 Å². The molecule has 152 valence electrons. The van der Waals surface area contributed by atoms with Crippen LogP contribution in [0.15, 0.2) is 48.8 Å². The number of hydrogen-bond donors (Lipinski definition) is 3. The number of anilines is 1. The van der Waals surface area contributed by atoms with Crippen molar-refractivity contribution < 1.29 is 10.0 Å². The summed E-state index contributed by atoms with van der Waals surface area (Å²) in [7, 11) is 0. The van der Waals surface area contributed by atoms with Crippen molar-refractivity contribution in [1.82, 2.24) is 20.3 Å². The Morgan fingerprint density at radius 1 is 1.21 bits per heavy atom. The Hall–Kier alpha value is -2.19. The fourth-order valence-corrected chi connectivity index (χ4v) is 2.98. The van der Waals surface area contributed by atoms with Gasteiger partial charge in [0.05, 0.1) is 0 Å². The van der Waals surface area contributed by atoms with E-state index in [0.29, 0.717) is 17.6 Å². The molecule has 3 rings (SSSR count). The number of nitrogens with one attached hydrogen (secondary N) is 2. The van der Waals surface area contributed by atoms with Crippen LogP contribution in [0.1, 0.15) is 17.5 Å². The summed E-state index contributed by atoms with van der Waals surface area (Å²) in [4.78, 5) is 22.0. The molecule has 1 fully saturated rings. The SMILES string of the molecule is Cl.Cl.O=C(C=Cc1cnc(N[C@@H]2CCN(CCc3ccccc3)C2)nc1)NO. The maximum absolute atomic E-state index is 11.0. The minimum atomic E-state index is -0.589. The molecule has 0 saturated carbocycles. The van der Waals surface area contributed by atoms with Gasteiger partial charge in [0.1, 0.15) is 0 Å². The Morgan fingerprint density at radius 2 is 1.93 bits per heavy atom. The Kier molecular flexibility index (Phi) is 10.5. The van der Waals surface area contributed by atoms with Crippen LogP contribution in [0.5, 0.6) is 0 Å². The van der Waals surface area contributed by atoms with Gasteiger partial charge in [-0.25, -0.2) is 15.4 Å². The number of carbonyl (C=O) groups excluding carboxylic acids is 1. The third-order valence-electron chi connectivity index (χ3n) is 4.37. The molecule has 0 spiro atoms. The van der Waals surface area contributed by atoms with Crippen molar-refractivity contribution in [3.05, 3.63) is 59.9 Å². The van der Waals surface area contributed by atoms with E-state index in [1.54, 1.807) is 12.4 Å². The highest BCUT2D eigenvalue weighted by atomic mass is 35.5. The lowest BCUT2D eigenvalue weighted by molar-refractivity contribution is -0.124. The Labute approximate surface area is 177 Å². The molecule has 3 N–H and O–H groups in total. The topological polar surface area (TPSA) is 90.4 Å². The number of likely N-dealkylation sites (tertiary alicyclic amines) is 1. The molecular weight excluding hydrogens is 401 g/mol. The first-order chi connectivity index (χ1) is 12.7. The van der Waals surface area contributed by atoms with E-state index >= 15 is 0 Å². The molecular formula is C19H25Cl2N5O2. The quantitative estimate of drug-likeness (QED) is 0.358. The van der Waals surface area contributed by atoms with Gasteiger partial charge in [0, 0.05) is 49.7 Å². The van der Waals surface area contributed by atoms with Crippen molar-refractivity contribution in [2.24, 2.45) is 0 Å². The molecule has 1 aromatic carbocycles. The monoisotopic (exact) mass is 425 g/mol. The number of benzene rings is 1. The van der Waals surface area contributed by atoms with Crippen LogP contribution in [-0.2, 0) is 11.2 Å². The second-order valence-electron chi connectivity index (χ2n) is 6.32. The average Bonchev–Trinajstić information content (AvgIpc) is 3.13. The highest BCUT2D eigenvalue weighted by Crippen LogP contribution is 2.14. The number of nitrogens with zero attached hydrogens (tertiary/aromatic N) is 3. The minimum absolute atomic E-state index is 0. The molecule has 9 heteroatoms. The number of aromatic nitrogens is 2. The molecule has 1 aliphatic heterocycles. The number of hydroxylamine groups is 1. The van der Waals surface area contributed by atoms with Crippen LogP contribution in [-0.4, -0.2) is 51.7 Å². The summed E-state index contributed by atoms with van der Waals surface area (Å²) in [6.07, 6.45) is 8.16. The molecule has 0 bridgehead atoms. The first-order valence-electron chi connectivity index (χ1n) is 8.70. The summed E-state index contributed by atoms with van der Waals surface area (Å²) < 4.78 is 0. The summed E-state index contributed by atoms with van der Waals surface area (Å²) in [5.41, 5.74) is 3.59. The second-order valence-corrected chi connectivity index (χ2v) is 6.32. The summed E-state index contributed by atoms with van der Waals surface area (Å²) in [5, 5.41) is 11.8. The summed E-state index contributed by atoms with van der Waals surface area (Å²) >= 11 is 0. The molecule has 1 aliphatic rings. The normalized spacial score (nSPS) is 16.2. The third kappa shape index (κ3) is 7.44. The lowest BCUT2D eigenvalue weighted by atomic mass is 10.1. The molecule has 28 heavy (non-hydrogen) atoms. The molecule has 0 radical (unpaired) electrons. The minimum Gasteiger partial charge on any atom is -0.350 e. The third-order valence-corrected chi connectivity index (χ3v) is 4.37. The number of amides is 1. The highest BCUT2D eigenvalue weighted by Gasteiger charge is 2.22. The van der Waals surface area contributed by atoms with Crippen LogP contribution in [0.4, 0.5) is 5.95 Å². The molecule has 1 aromatic heterocycles. The van der Waals surface area contributed by atoms with Gasteiger partial charge in [0.2, 0.25) is 5.95 Å². The smallest absolute Gasteiger partial charge is 0.267 e. The van der Waals surface area contributed by atoms with Gasteiger partial charge < -0.3 is 10.2 Å².